The van der Waals surface area contributed by atoms with E-state index in [4.69, 9.17) is 9.47 Å². The first-order valence-electron chi connectivity index (χ1n) is 9.00. The molecule has 4 aromatic rings. The molecule has 0 saturated carbocycles. The van der Waals surface area contributed by atoms with E-state index in [2.05, 4.69) is 28.5 Å². The van der Waals surface area contributed by atoms with Crippen LogP contribution in [0.3, 0.4) is 0 Å². The molecule has 1 heterocycles. The van der Waals surface area contributed by atoms with Crippen LogP contribution >= 0.6 is 0 Å². The molecule has 0 radical (unpaired) electrons. The molecular formula is C23H21N3O2. The van der Waals surface area contributed by atoms with Gasteiger partial charge in [0.15, 0.2) is 0 Å². The Morgan fingerprint density at radius 3 is 2.50 bits per heavy atom. The van der Waals surface area contributed by atoms with Crippen LogP contribution in [-0.4, -0.2) is 25.4 Å². The fourth-order valence-electron chi connectivity index (χ4n) is 3.32. The molecule has 0 spiro atoms. The van der Waals surface area contributed by atoms with Gasteiger partial charge in [0.25, 0.3) is 0 Å². The zero-order valence-electron chi connectivity index (χ0n) is 16.1. The van der Waals surface area contributed by atoms with Gasteiger partial charge in [-0.1, -0.05) is 24.3 Å². The third kappa shape index (κ3) is 3.34. The molecule has 0 aliphatic carbocycles. The number of anilines is 1. The second kappa shape index (κ2) is 7.56. The molecule has 28 heavy (non-hydrogen) atoms. The normalized spacial score (nSPS) is 11.2. The summed E-state index contributed by atoms with van der Waals surface area (Å²) in [6.07, 6.45) is 1.80. The van der Waals surface area contributed by atoms with Crippen molar-refractivity contribution >= 4 is 33.7 Å². The van der Waals surface area contributed by atoms with E-state index in [0.717, 1.165) is 44.3 Å². The number of hydrogen-bond donors (Lipinski definition) is 1. The summed E-state index contributed by atoms with van der Waals surface area (Å²) in [5.41, 5.74) is 6.04. The Bertz CT molecular complexity index is 1190. The van der Waals surface area contributed by atoms with Crippen molar-refractivity contribution in [3.05, 3.63) is 71.8 Å². The van der Waals surface area contributed by atoms with Crippen LogP contribution in [0.5, 0.6) is 11.5 Å². The van der Waals surface area contributed by atoms with Crippen molar-refractivity contribution in [2.45, 2.75) is 6.92 Å². The van der Waals surface area contributed by atoms with E-state index in [1.807, 2.05) is 54.6 Å². The van der Waals surface area contributed by atoms with Gasteiger partial charge in [0.2, 0.25) is 0 Å². The summed E-state index contributed by atoms with van der Waals surface area (Å²) in [5, 5.41) is 7.63. The highest BCUT2D eigenvalue weighted by molar-refractivity contribution is 6.02. The van der Waals surface area contributed by atoms with Crippen LogP contribution in [0.4, 0.5) is 5.82 Å². The zero-order chi connectivity index (χ0) is 19.5. The Hall–Kier alpha value is -3.60. The minimum Gasteiger partial charge on any atom is -0.497 e. The lowest BCUT2D eigenvalue weighted by atomic mass is 10.0. The molecule has 5 nitrogen and oxygen atoms in total. The van der Waals surface area contributed by atoms with E-state index in [1.54, 1.807) is 20.4 Å². The van der Waals surface area contributed by atoms with Crippen LogP contribution in [-0.2, 0) is 0 Å². The molecule has 0 atom stereocenters. The van der Waals surface area contributed by atoms with Crippen LogP contribution in [0.2, 0.25) is 0 Å². The number of pyridine rings is 1. The lowest BCUT2D eigenvalue weighted by Gasteiger charge is -2.09. The van der Waals surface area contributed by atoms with Crippen molar-refractivity contribution in [3.8, 4) is 11.5 Å². The topological polar surface area (TPSA) is 55.7 Å². The third-order valence-electron chi connectivity index (χ3n) is 4.74. The van der Waals surface area contributed by atoms with Crippen molar-refractivity contribution in [3.63, 3.8) is 0 Å². The monoisotopic (exact) mass is 371 g/mol. The number of ether oxygens (including phenoxy) is 2. The van der Waals surface area contributed by atoms with Gasteiger partial charge >= 0.3 is 0 Å². The Labute approximate surface area is 163 Å². The number of aromatic nitrogens is 1. The Balaban J connectivity index is 1.64. The lowest BCUT2D eigenvalue weighted by molar-refractivity contribution is 0.415. The van der Waals surface area contributed by atoms with E-state index in [9.17, 15) is 0 Å². The second-order valence-electron chi connectivity index (χ2n) is 6.48. The van der Waals surface area contributed by atoms with E-state index in [1.165, 1.54) is 0 Å². The molecule has 4 rings (SSSR count). The minimum absolute atomic E-state index is 0.687. The Morgan fingerprint density at radius 1 is 0.893 bits per heavy atom. The molecule has 0 amide bonds. The average Bonchev–Trinajstić information content (AvgIpc) is 2.73. The van der Waals surface area contributed by atoms with E-state index in [0.29, 0.717) is 5.82 Å². The molecule has 5 heteroatoms. The lowest BCUT2D eigenvalue weighted by Crippen LogP contribution is -1.96. The number of nitrogens with one attached hydrogen (secondary N) is 1. The van der Waals surface area contributed by atoms with Crippen LogP contribution in [0.1, 0.15) is 11.1 Å². The summed E-state index contributed by atoms with van der Waals surface area (Å²) in [4.78, 5) is 4.64. The third-order valence-corrected chi connectivity index (χ3v) is 4.74. The Kier molecular flexibility index (Phi) is 4.81. The maximum Gasteiger partial charge on any atom is 0.147 e. The quantitative estimate of drug-likeness (QED) is 0.389. The molecule has 0 bridgehead atoms. The fraction of sp³-hybridized carbons (Fsp3) is 0.130. The average molecular weight is 371 g/mol. The summed E-state index contributed by atoms with van der Waals surface area (Å²) < 4.78 is 10.7. The molecule has 0 aliphatic rings. The van der Waals surface area contributed by atoms with Crippen LogP contribution in [0, 0.1) is 6.92 Å². The maximum absolute atomic E-state index is 5.45. The van der Waals surface area contributed by atoms with Crippen molar-refractivity contribution in [2.24, 2.45) is 5.10 Å². The van der Waals surface area contributed by atoms with Gasteiger partial charge in [-0.15, -0.1) is 0 Å². The highest BCUT2D eigenvalue weighted by Gasteiger charge is 2.06. The molecule has 0 saturated heterocycles. The first-order chi connectivity index (χ1) is 13.7. The number of fused-ring (bicyclic) bond motifs is 2. The second-order valence-corrected chi connectivity index (χ2v) is 6.48. The van der Waals surface area contributed by atoms with Gasteiger partial charge in [-0.05, 0) is 48.2 Å². The molecule has 0 aliphatic heterocycles. The van der Waals surface area contributed by atoms with Crippen LogP contribution in [0.25, 0.3) is 21.7 Å². The van der Waals surface area contributed by atoms with Gasteiger partial charge < -0.3 is 9.47 Å². The zero-order valence-corrected chi connectivity index (χ0v) is 16.1. The fourth-order valence-corrected chi connectivity index (χ4v) is 3.32. The summed E-state index contributed by atoms with van der Waals surface area (Å²) in [7, 11) is 3.33. The van der Waals surface area contributed by atoms with Gasteiger partial charge in [-0.2, -0.15) is 5.10 Å². The van der Waals surface area contributed by atoms with Gasteiger partial charge in [-0.3, -0.25) is 5.43 Å². The maximum atomic E-state index is 5.45. The summed E-state index contributed by atoms with van der Waals surface area (Å²) in [6, 6.07) is 19.9. The number of benzene rings is 3. The van der Waals surface area contributed by atoms with E-state index < -0.39 is 0 Å². The summed E-state index contributed by atoms with van der Waals surface area (Å²) in [6.45, 7) is 2.06. The SMILES string of the molecule is COc1ccc2c(C)cc(N/N=C\c3ccc(OC)c4ccccc34)nc2c1. The number of rotatable bonds is 5. The van der Waals surface area contributed by atoms with Gasteiger partial charge in [0, 0.05) is 22.4 Å². The predicted octanol–water partition coefficient (Wildman–Crippen LogP) is 5.16. The van der Waals surface area contributed by atoms with Crippen molar-refractivity contribution in [1.82, 2.24) is 4.98 Å². The number of methoxy groups -OCH3 is 2. The van der Waals surface area contributed by atoms with Crippen LogP contribution in [0.15, 0.2) is 65.8 Å². The highest BCUT2D eigenvalue weighted by atomic mass is 16.5. The van der Waals surface area contributed by atoms with E-state index >= 15 is 0 Å². The van der Waals surface area contributed by atoms with Crippen molar-refractivity contribution in [1.29, 1.82) is 0 Å². The molecule has 1 aromatic heterocycles. The molecule has 3 aromatic carbocycles. The molecule has 0 fully saturated rings. The molecule has 1 N–H and O–H groups in total. The molecular weight excluding hydrogens is 350 g/mol. The molecule has 140 valence electrons. The highest BCUT2D eigenvalue weighted by Crippen LogP contribution is 2.28. The molecule has 0 unspecified atom stereocenters. The smallest absolute Gasteiger partial charge is 0.147 e. The van der Waals surface area contributed by atoms with Gasteiger partial charge in [0.05, 0.1) is 26.0 Å². The first kappa shape index (κ1) is 17.8. The number of hydrogen-bond acceptors (Lipinski definition) is 5. The van der Waals surface area contributed by atoms with Crippen molar-refractivity contribution in [2.75, 3.05) is 19.6 Å². The summed E-state index contributed by atoms with van der Waals surface area (Å²) >= 11 is 0. The van der Waals surface area contributed by atoms with Gasteiger partial charge in [-0.25, -0.2) is 4.98 Å². The number of hydrazone groups is 1. The number of nitrogens with zero attached hydrogens (tertiary/aromatic N) is 2. The summed E-state index contributed by atoms with van der Waals surface area (Å²) in [5.74, 6) is 2.32. The number of aryl methyl sites for hydroxylation is 1. The van der Waals surface area contributed by atoms with E-state index in [-0.39, 0.29) is 0 Å². The van der Waals surface area contributed by atoms with Crippen LogP contribution < -0.4 is 14.9 Å². The standard InChI is InChI=1S/C23H21N3O2/c1-15-12-23(25-21-13-17(27-2)9-10-18(15)21)26-24-14-16-8-11-22(28-3)20-7-5-4-6-19(16)20/h4-14H,1-3H3,(H,25,26)/b24-14-. The largest absolute Gasteiger partial charge is 0.497 e. The van der Waals surface area contributed by atoms with Gasteiger partial charge in [0.1, 0.15) is 17.3 Å². The predicted molar refractivity (Wildman–Crippen MR) is 115 cm³/mol. The minimum atomic E-state index is 0.687. The Morgan fingerprint density at radius 2 is 1.71 bits per heavy atom. The first-order valence-corrected chi connectivity index (χ1v) is 9.00. The van der Waals surface area contributed by atoms with Crippen molar-refractivity contribution < 1.29 is 9.47 Å².